The molecule has 1 atom stereocenters. The average molecular weight is 284 g/mol. The van der Waals surface area contributed by atoms with Crippen molar-refractivity contribution in [2.24, 2.45) is 5.73 Å². The SMILES string of the molecule is NC(c1ccccc1)c1cncn1CCCN1CCCC1. The molecule has 1 aromatic heterocycles. The first-order chi connectivity index (χ1) is 10.3. The molecule has 4 nitrogen and oxygen atoms in total. The largest absolute Gasteiger partial charge is 0.333 e. The summed E-state index contributed by atoms with van der Waals surface area (Å²) in [6.45, 7) is 4.70. The van der Waals surface area contributed by atoms with Gasteiger partial charge in [0, 0.05) is 6.54 Å². The van der Waals surface area contributed by atoms with E-state index in [1.807, 2.05) is 30.7 Å². The molecule has 0 bridgehead atoms. The van der Waals surface area contributed by atoms with E-state index in [-0.39, 0.29) is 6.04 Å². The summed E-state index contributed by atoms with van der Waals surface area (Å²) < 4.78 is 2.20. The monoisotopic (exact) mass is 284 g/mol. The molecule has 3 rings (SSSR count). The van der Waals surface area contributed by atoms with Crippen LogP contribution in [0.5, 0.6) is 0 Å². The summed E-state index contributed by atoms with van der Waals surface area (Å²) in [6.07, 6.45) is 7.67. The number of aryl methyl sites for hydroxylation is 1. The van der Waals surface area contributed by atoms with Gasteiger partial charge in [0.2, 0.25) is 0 Å². The van der Waals surface area contributed by atoms with Gasteiger partial charge in [-0.2, -0.15) is 0 Å². The highest BCUT2D eigenvalue weighted by atomic mass is 15.1. The number of rotatable bonds is 6. The molecule has 0 radical (unpaired) electrons. The Morgan fingerprint density at radius 2 is 1.86 bits per heavy atom. The lowest BCUT2D eigenvalue weighted by molar-refractivity contribution is 0.324. The third kappa shape index (κ3) is 3.52. The van der Waals surface area contributed by atoms with E-state index in [1.54, 1.807) is 0 Å². The summed E-state index contributed by atoms with van der Waals surface area (Å²) in [7, 11) is 0. The number of likely N-dealkylation sites (tertiary alicyclic amines) is 1. The zero-order valence-corrected chi connectivity index (χ0v) is 12.5. The maximum Gasteiger partial charge on any atom is 0.0948 e. The van der Waals surface area contributed by atoms with Crippen molar-refractivity contribution in [1.82, 2.24) is 14.5 Å². The van der Waals surface area contributed by atoms with Crippen molar-refractivity contribution in [3.8, 4) is 0 Å². The lowest BCUT2D eigenvalue weighted by Crippen LogP contribution is -2.22. The summed E-state index contributed by atoms with van der Waals surface area (Å²) in [6, 6.07) is 10.1. The quantitative estimate of drug-likeness (QED) is 0.886. The van der Waals surface area contributed by atoms with Crippen LogP contribution in [0.15, 0.2) is 42.9 Å². The fourth-order valence-electron chi connectivity index (χ4n) is 3.08. The second-order valence-corrected chi connectivity index (χ2v) is 5.80. The van der Waals surface area contributed by atoms with Gasteiger partial charge in [-0.25, -0.2) is 4.98 Å². The molecule has 1 fully saturated rings. The Hall–Kier alpha value is -1.65. The summed E-state index contributed by atoms with van der Waals surface area (Å²) in [5.74, 6) is 0. The number of nitrogens with two attached hydrogens (primary N) is 1. The standard InChI is InChI=1S/C17H24N4/c18-17(15-7-2-1-3-8-15)16-13-19-14-21(16)12-6-11-20-9-4-5-10-20/h1-3,7-8,13-14,17H,4-6,9-12,18H2. The molecular weight excluding hydrogens is 260 g/mol. The lowest BCUT2D eigenvalue weighted by Gasteiger charge is -2.17. The molecule has 2 heterocycles. The van der Waals surface area contributed by atoms with E-state index in [4.69, 9.17) is 5.73 Å². The molecule has 2 aromatic rings. The summed E-state index contributed by atoms with van der Waals surface area (Å²) in [5.41, 5.74) is 8.62. The Labute approximate surface area is 126 Å². The Morgan fingerprint density at radius 3 is 2.62 bits per heavy atom. The van der Waals surface area contributed by atoms with Gasteiger partial charge in [0.15, 0.2) is 0 Å². The van der Waals surface area contributed by atoms with Crippen molar-refractivity contribution in [3.05, 3.63) is 54.1 Å². The van der Waals surface area contributed by atoms with Gasteiger partial charge in [0.05, 0.1) is 24.3 Å². The van der Waals surface area contributed by atoms with Crippen LogP contribution in [0, 0.1) is 0 Å². The summed E-state index contributed by atoms with van der Waals surface area (Å²) in [4.78, 5) is 6.84. The van der Waals surface area contributed by atoms with Crippen molar-refractivity contribution in [1.29, 1.82) is 0 Å². The van der Waals surface area contributed by atoms with Crippen molar-refractivity contribution in [3.63, 3.8) is 0 Å². The van der Waals surface area contributed by atoms with Crippen LogP contribution in [0.25, 0.3) is 0 Å². The Kier molecular flexibility index (Phi) is 4.68. The van der Waals surface area contributed by atoms with E-state index in [9.17, 15) is 0 Å². The molecule has 1 aliphatic rings. The van der Waals surface area contributed by atoms with Crippen LogP contribution in [-0.4, -0.2) is 34.1 Å². The fourth-order valence-corrected chi connectivity index (χ4v) is 3.08. The van der Waals surface area contributed by atoms with Crippen LogP contribution >= 0.6 is 0 Å². The van der Waals surface area contributed by atoms with Crippen LogP contribution in [0.4, 0.5) is 0 Å². The summed E-state index contributed by atoms with van der Waals surface area (Å²) in [5, 5.41) is 0. The maximum atomic E-state index is 6.38. The van der Waals surface area contributed by atoms with Crippen molar-refractivity contribution < 1.29 is 0 Å². The van der Waals surface area contributed by atoms with Crippen LogP contribution in [0.3, 0.4) is 0 Å². The molecule has 1 aromatic carbocycles. The molecule has 0 saturated carbocycles. The third-order valence-corrected chi connectivity index (χ3v) is 4.29. The molecular formula is C17H24N4. The maximum absolute atomic E-state index is 6.38. The second-order valence-electron chi connectivity index (χ2n) is 5.80. The highest BCUT2D eigenvalue weighted by Crippen LogP contribution is 2.19. The van der Waals surface area contributed by atoms with Crippen LogP contribution in [-0.2, 0) is 6.54 Å². The van der Waals surface area contributed by atoms with E-state index in [0.29, 0.717) is 0 Å². The van der Waals surface area contributed by atoms with Crippen LogP contribution in [0.1, 0.15) is 36.6 Å². The predicted molar refractivity (Wildman–Crippen MR) is 85.0 cm³/mol. The molecule has 1 aliphatic heterocycles. The molecule has 0 aliphatic carbocycles. The first-order valence-corrected chi connectivity index (χ1v) is 7.87. The van der Waals surface area contributed by atoms with Crippen molar-refractivity contribution in [2.75, 3.05) is 19.6 Å². The zero-order chi connectivity index (χ0) is 14.5. The second kappa shape index (κ2) is 6.87. The minimum Gasteiger partial charge on any atom is -0.333 e. The van der Waals surface area contributed by atoms with Gasteiger partial charge in [-0.3, -0.25) is 0 Å². The Balaban J connectivity index is 1.60. The van der Waals surface area contributed by atoms with E-state index >= 15 is 0 Å². The number of aromatic nitrogens is 2. The van der Waals surface area contributed by atoms with Gasteiger partial charge < -0.3 is 15.2 Å². The Bertz CT molecular complexity index is 543. The zero-order valence-electron chi connectivity index (χ0n) is 12.5. The molecule has 0 spiro atoms. The Morgan fingerprint density at radius 1 is 1.10 bits per heavy atom. The van der Waals surface area contributed by atoms with Crippen LogP contribution < -0.4 is 5.73 Å². The van der Waals surface area contributed by atoms with Crippen molar-refractivity contribution >= 4 is 0 Å². The number of hydrogen-bond acceptors (Lipinski definition) is 3. The molecule has 4 heteroatoms. The average Bonchev–Trinajstić information content (AvgIpc) is 3.19. The first-order valence-electron chi connectivity index (χ1n) is 7.87. The normalized spacial score (nSPS) is 17.2. The highest BCUT2D eigenvalue weighted by molar-refractivity contribution is 5.26. The number of imidazole rings is 1. The first kappa shape index (κ1) is 14.3. The molecule has 21 heavy (non-hydrogen) atoms. The van der Waals surface area contributed by atoms with Crippen molar-refractivity contribution in [2.45, 2.75) is 31.8 Å². The molecule has 1 unspecified atom stereocenters. The van der Waals surface area contributed by atoms with E-state index in [2.05, 4.69) is 26.6 Å². The third-order valence-electron chi connectivity index (χ3n) is 4.29. The van der Waals surface area contributed by atoms with E-state index in [0.717, 1.165) is 24.2 Å². The molecule has 112 valence electrons. The summed E-state index contributed by atoms with van der Waals surface area (Å²) >= 11 is 0. The number of benzene rings is 1. The van der Waals surface area contributed by atoms with Crippen LogP contribution in [0.2, 0.25) is 0 Å². The van der Waals surface area contributed by atoms with E-state index in [1.165, 1.54) is 32.5 Å². The number of nitrogens with zero attached hydrogens (tertiary/aromatic N) is 3. The molecule has 0 amide bonds. The van der Waals surface area contributed by atoms with E-state index < -0.39 is 0 Å². The van der Waals surface area contributed by atoms with Gasteiger partial charge >= 0.3 is 0 Å². The van der Waals surface area contributed by atoms with Gasteiger partial charge in [0.25, 0.3) is 0 Å². The number of hydrogen-bond donors (Lipinski definition) is 1. The van der Waals surface area contributed by atoms with Gasteiger partial charge in [-0.1, -0.05) is 30.3 Å². The smallest absolute Gasteiger partial charge is 0.0948 e. The minimum absolute atomic E-state index is 0.0968. The van der Waals surface area contributed by atoms with Gasteiger partial charge in [0.1, 0.15) is 0 Å². The minimum atomic E-state index is -0.0968. The van der Waals surface area contributed by atoms with Gasteiger partial charge in [-0.05, 0) is 44.5 Å². The lowest BCUT2D eigenvalue weighted by atomic mass is 10.1. The molecule has 1 saturated heterocycles. The predicted octanol–water partition coefficient (Wildman–Crippen LogP) is 2.42. The van der Waals surface area contributed by atoms with Gasteiger partial charge in [-0.15, -0.1) is 0 Å². The topological polar surface area (TPSA) is 47.1 Å². The molecule has 2 N–H and O–H groups in total. The fraction of sp³-hybridized carbons (Fsp3) is 0.471. The highest BCUT2D eigenvalue weighted by Gasteiger charge is 2.14.